The van der Waals surface area contributed by atoms with Crippen LogP contribution >= 0.6 is 0 Å². The van der Waals surface area contributed by atoms with Gasteiger partial charge in [0, 0.05) is 11.6 Å². The molecule has 0 unspecified atom stereocenters. The zero-order chi connectivity index (χ0) is 25.8. The van der Waals surface area contributed by atoms with Gasteiger partial charge in [0.2, 0.25) is 0 Å². The van der Waals surface area contributed by atoms with E-state index in [0.717, 1.165) is 18.2 Å². The fourth-order valence-electron chi connectivity index (χ4n) is 2.64. The number of quaternary nitrogens is 2. The Balaban J connectivity index is 0.000000261. The van der Waals surface area contributed by atoms with Crippen molar-refractivity contribution in [3.8, 4) is 0 Å². The first-order valence-corrected chi connectivity index (χ1v) is 10.4. The molecule has 0 fully saturated rings. The highest BCUT2D eigenvalue weighted by Crippen LogP contribution is 2.24. The number of nitrogens with two attached hydrogens (primary N) is 2. The van der Waals surface area contributed by atoms with E-state index in [-0.39, 0.29) is 22.2 Å². The average molecular weight is 464 g/mol. The normalized spacial score (nSPS) is 20.1. The number of hydrogen-bond donors (Lipinski definition) is 2. The van der Waals surface area contributed by atoms with Crippen LogP contribution in [0.1, 0.15) is 76.1 Å². The summed E-state index contributed by atoms with van der Waals surface area (Å²) in [6.45, 7) is 17.5. The van der Waals surface area contributed by atoms with Crippen molar-refractivity contribution in [3.63, 3.8) is 0 Å². The minimum atomic E-state index is -1.93. The molecule has 2 aliphatic rings. The molecule has 2 aliphatic heterocycles. The van der Waals surface area contributed by atoms with E-state index in [4.69, 9.17) is 0 Å². The minimum Gasteiger partial charge on any atom is -0.545 e. The molecule has 0 saturated heterocycles. The van der Waals surface area contributed by atoms with Crippen molar-refractivity contribution in [2.75, 3.05) is 0 Å². The number of aliphatic imine (C=N–C) groups is 2. The van der Waals surface area contributed by atoms with E-state index in [2.05, 4.69) is 76.0 Å². The fourth-order valence-corrected chi connectivity index (χ4v) is 2.64. The van der Waals surface area contributed by atoms with E-state index in [1.807, 2.05) is 12.7 Å². The van der Waals surface area contributed by atoms with Crippen LogP contribution < -0.4 is 20.8 Å². The van der Waals surface area contributed by atoms with Crippen LogP contribution in [0, 0.1) is 10.1 Å². The Kier molecular flexibility index (Phi) is 8.23. The van der Waals surface area contributed by atoms with Gasteiger partial charge in [0.05, 0.1) is 22.4 Å². The summed E-state index contributed by atoms with van der Waals surface area (Å²) in [6.07, 6.45) is 3.83. The maximum atomic E-state index is 10.5. The van der Waals surface area contributed by atoms with Gasteiger partial charge in [-0.05, 0) is 55.4 Å². The molecule has 33 heavy (non-hydrogen) atoms. The first-order chi connectivity index (χ1) is 14.9. The van der Waals surface area contributed by atoms with E-state index >= 15 is 0 Å². The van der Waals surface area contributed by atoms with Crippen LogP contribution in [-0.2, 0) is 0 Å². The van der Waals surface area contributed by atoms with Crippen LogP contribution in [0.5, 0.6) is 0 Å². The van der Waals surface area contributed by atoms with Crippen molar-refractivity contribution < 1.29 is 35.4 Å². The number of benzene rings is 1. The Morgan fingerprint density at radius 1 is 0.818 bits per heavy atom. The quantitative estimate of drug-likeness (QED) is 0.411. The number of hydrogen-bond acceptors (Lipinski definition) is 8. The summed E-state index contributed by atoms with van der Waals surface area (Å²) in [5.74, 6) is -3.74. The van der Waals surface area contributed by atoms with Crippen LogP contribution in [0.3, 0.4) is 0 Å². The number of aromatic carboxylic acids is 2. The largest absolute Gasteiger partial charge is 0.545 e. The topological polar surface area (TPSA) is 181 Å². The molecule has 0 radical (unpaired) electrons. The highest BCUT2D eigenvalue weighted by Gasteiger charge is 2.44. The summed E-state index contributed by atoms with van der Waals surface area (Å²) in [4.78, 5) is 39.1. The van der Waals surface area contributed by atoms with Crippen LogP contribution in [0.25, 0.3) is 0 Å². The predicted octanol–water partition coefficient (Wildman–Crippen LogP) is -1.38. The smallest absolute Gasteiger partial charge is 0.279 e. The molecule has 0 amide bonds. The molecule has 0 bridgehead atoms. The number of carboxylic acids is 2. The van der Waals surface area contributed by atoms with Gasteiger partial charge in [0.25, 0.3) is 5.69 Å². The lowest BCUT2D eigenvalue weighted by Crippen LogP contribution is -2.94. The van der Waals surface area contributed by atoms with Gasteiger partial charge in [-0.25, -0.2) is 9.98 Å². The molecule has 1 aromatic carbocycles. The summed E-state index contributed by atoms with van der Waals surface area (Å²) in [5, 5.41) is 35.7. The number of carbonyl (C=O) groups excluding carboxylic acids is 2. The molecule has 4 N–H and O–H groups in total. The molecule has 0 spiro atoms. The van der Waals surface area contributed by atoms with E-state index in [9.17, 15) is 29.9 Å². The highest BCUT2D eigenvalue weighted by molar-refractivity contribution is 6.03. The van der Waals surface area contributed by atoms with Crippen LogP contribution in [-0.4, -0.2) is 51.7 Å². The Bertz CT molecular complexity index is 911. The first kappa shape index (κ1) is 27.9. The number of carboxylic acid groups (broad SMARTS) is 2. The van der Waals surface area contributed by atoms with Gasteiger partial charge in [-0.3, -0.25) is 20.7 Å². The molecule has 0 aliphatic carbocycles. The average Bonchev–Trinajstić information content (AvgIpc) is 3.06. The Hall–Kier alpha value is -3.18. The van der Waals surface area contributed by atoms with Crippen molar-refractivity contribution in [2.24, 2.45) is 9.98 Å². The maximum absolute atomic E-state index is 10.5. The highest BCUT2D eigenvalue weighted by atomic mass is 16.6. The van der Waals surface area contributed by atoms with Crippen molar-refractivity contribution in [3.05, 3.63) is 39.4 Å². The second-order valence-corrected chi connectivity index (χ2v) is 9.98. The summed E-state index contributed by atoms with van der Waals surface area (Å²) < 4.78 is 0. The SMILES string of the molecule is CC1(C)N=C[NH2+]C1(C)C.CC1(C)N=C[NH2+]C1(C)C.O=C([O-])c1cccc([N+](=O)[O-])c1C(=O)[O-]. The fraction of sp³-hybridized carbons (Fsp3) is 0.545. The van der Waals surface area contributed by atoms with Gasteiger partial charge < -0.3 is 19.8 Å². The molecule has 0 aromatic heterocycles. The Morgan fingerprint density at radius 2 is 1.24 bits per heavy atom. The molecule has 182 valence electrons. The second-order valence-electron chi connectivity index (χ2n) is 9.98. The lowest BCUT2D eigenvalue weighted by Gasteiger charge is -2.27. The van der Waals surface area contributed by atoms with Gasteiger partial charge in [-0.2, -0.15) is 0 Å². The van der Waals surface area contributed by atoms with E-state index in [1.165, 1.54) is 0 Å². The molecule has 11 nitrogen and oxygen atoms in total. The monoisotopic (exact) mass is 463 g/mol. The lowest BCUT2D eigenvalue weighted by atomic mass is 9.85. The molecule has 11 heteroatoms. The van der Waals surface area contributed by atoms with Gasteiger partial charge in [0.15, 0.2) is 12.7 Å². The summed E-state index contributed by atoms with van der Waals surface area (Å²) >= 11 is 0. The summed E-state index contributed by atoms with van der Waals surface area (Å²) in [6, 6.07) is 2.82. The number of rotatable bonds is 3. The first-order valence-electron chi connectivity index (χ1n) is 10.4. The summed E-state index contributed by atoms with van der Waals surface area (Å²) in [5.41, 5.74) is -1.90. The zero-order valence-corrected chi connectivity index (χ0v) is 20.3. The third-order valence-electron chi connectivity index (χ3n) is 6.59. The van der Waals surface area contributed by atoms with Crippen molar-refractivity contribution in [1.29, 1.82) is 0 Å². The van der Waals surface area contributed by atoms with Crippen LogP contribution in [0.15, 0.2) is 28.2 Å². The molecule has 2 heterocycles. The van der Waals surface area contributed by atoms with Gasteiger partial charge in [0.1, 0.15) is 22.2 Å². The summed E-state index contributed by atoms with van der Waals surface area (Å²) in [7, 11) is 0. The Morgan fingerprint density at radius 3 is 1.45 bits per heavy atom. The lowest BCUT2D eigenvalue weighted by molar-refractivity contribution is -0.608. The molecule has 0 saturated carbocycles. The minimum absolute atomic E-state index is 0.104. The standard InChI is InChI=1S/C8H5NO6.2C7H14N2/c10-7(11)4-2-1-3-5(9(14)15)6(4)8(12)13;2*1-6(2)7(3,4)9-5-8-6/h1-3H,(H,10,11)(H,12,13);2*5H,1-4H3,(H,8,9). The van der Waals surface area contributed by atoms with Crippen molar-refractivity contribution in [1.82, 2.24) is 0 Å². The Labute approximate surface area is 193 Å². The molecular weight excluding hydrogens is 430 g/mol. The molecule has 3 rings (SSSR count). The maximum Gasteiger partial charge on any atom is 0.279 e. The van der Waals surface area contributed by atoms with E-state index in [0.29, 0.717) is 0 Å². The number of nitrogens with zero attached hydrogens (tertiary/aromatic N) is 3. The van der Waals surface area contributed by atoms with Gasteiger partial charge in [-0.1, -0.05) is 12.1 Å². The predicted molar refractivity (Wildman–Crippen MR) is 119 cm³/mol. The van der Waals surface area contributed by atoms with Crippen molar-refractivity contribution >= 4 is 30.3 Å². The van der Waals surface area contributed by atoms with Gasteiger partial charge >= 0.3 is 0 Å². The zero-order valence-electron chi connectivity index (χ0n) is 20.3. The third kappa shape index (κ3) is 6.42. The van der Waals surface area contributed by atoms with E-state index in [1.54, 1.807) is 0 Å². The third-order valence-corrected chi connectivity index (χ3v) is 6.59. The number of nitro groups is 1. The van der Waals surface area contributed by atoms with Crippen LogP contribution in [0.4, 0.5) is 5.69 Å². The van der Waals surface area contributed by atoms with Crippen LogP contribution in [0.2, 0.25) is 0 Å². The second kappa shape index (κ2) is 9.75. The van der Waals surface area contributed by atoms with E-state index < -0.39 is 33.7 Å². The number of carbonyl (C=O) groups is 2. The van der Waals surface area contributed by atoms with Gasteiger partial charge in [-0.15, -0.1) is 0 Å². The molecule has 1 aromatic rings. The molecular formula is C22H33N5O6. The number of nitro benzene ring substituents is 1. The molecule has 0 atom stereocenters. The van der Waals surface area contributed by atoms with Crippen molar-refractivity contribution in [2.45, 2.75) is 77.5 Å².